The second kappa shape index (κ2) is 21.7. The van der Waals surface area contributed by atoms with Crippen molar-refractivity contribution in [2.75, 3.05) is 44.6 Å². The molecule has 1 fully saturated rings. The Balaban J connectivity index is 1.68. The number of likely N-dealkylation sites (tertiary alicyclic amines) is 1. The Morgan fingerprint density at radius 2 is 1.57 bits per heavy atom. The van der Waals surface area contributed by atoms with E-state index in [-0.39, 0.29) is 67.4 Å². The second-order valence-corrected chi connectivity index (χ2v) is 16.8. The summed E-state index contributed by atoms with van der Waals surface area (Å²) in [6.07, 6.45) is 3.26. The van der Waals surface area contributed by atoms with Gasteiger partial charge in [-0.1, -0.05) is 58.2 Å². The van der Waals surface area contributed by atoms with E-state index in [1.54, 1.807) is 30.3 Å². The first kappa shape index (κ1) is 45.0. The van der Waals surface area contributed by atoms with Crippen LogP contribution in [0.15, 0.2) is 61.7 Å². The number of ether oxygens (including phenoxy) is 5. The van der Waals surface area contributed by atoms with Gasteiger partial charge in [0, 0.05) is 24.7 Å². The summed E-state index contributed by atoms with van der Waals surface area (Å²) in [7, 11) is 1.50. The molecule has 0 spiro atoms. The monoisotopic (exact) mass is 796 g/mol. The van der Waals surface area contributed by atoms with E-state index in [0.717, 1.165) is 12.8 Å². The number of esters is 2. The van der Waals surface area contributed by atoms with Crippen LogP contribution < -0.4 is 25.4 Å². The minimum atomic E-state index is -1.44. The van der Waals surface area contributed by atoms with Crippen LogP contribution in [0.5, 0.6) is 11.5 Å². The van der Waals surface area contributed by atoms with E-state index in [4.69, 9.17) is 28.1 Å². The second-order valence-electron chi connectivity index (χ2n) is 14.4. The maximum Gasteiger partial charge on any atom is 0.411 e. The van der Waals surface area contributed by atoms with Gasteiger partial charge in [-0.25, -0.2) is 14.4 Å². The zero-order valence-electron chi connectivity index (χ0n) is 33.4. The fourth-order valence-electron chi connectivity index (χ4n) is 6.12. The van der Waals surface area contributed by atoms with E-state index in [9.17, 15) is 24.0 Å². The fourth-order valence-corrected chi connectivity index (χ4v) is 7.30. The number of nitrogens with zero attached hydrogens (tertiary/aromatic N) is 1. The number of methoxy groups -OCH3 is 2. The highest BCUT2D eigenvalue weighted by Gasteiger charge is 2.42. The van der Waals surface area contributed by atoms with Crippen LogP contribution in [0.2, 0.25) is 13.1 Å². The number of carbonyl (C=O) groups excluding carboxylic acids is 5. The molecule has 1 aliphatic rings. The largest absolute Gasteiger partial charge is 0.493 e. The molecule has 306 valence electrons. The SMILES string of the molecule is C=CCOC(=O)CCC(NC(=O)Nc1ccc(COC(=O)Nc2cc(OC)c(OC)cc2C(=O)N2CCCC2C(O[SiH](C)C)C(C)(C)C)cc1)C(=O)OCC=C. The van der Waals surface area contributed by atoms with Gasteiger partial charge in [0.1, 0.15) is 25.9 Å². The van der Waals surface area contributed by atoms with Crippen LogP contribution in [0.4, 0.5) is 21.0 Å². The van der Waals surface area contributed by atoms with Crippen molar-refractivity contribution in [2.24, 2.45) is 5.41 Å². The molecular formula is C40H56N4O11Si. The summed E-state index contributed by atoms with van der Waals surface area (Å²) >= 11 is 0. The Hall–Kier alpha value is -5.35. The number of hydrogen-bond donors (Lipinski definition) is 3. The molecule has 0 bridgehead atoms. The third kappa shape index (κ3) is 13.4. The molecule has 15 nitrogen and oxygen atoms in total. The zero-order valence-corrected chi connectivity index (χ0v) is 34.6. The Morgan fingerprint density at radius 3 is 2.18 bits per heavy atom. The van der Waals surface area contributed by atoms with Crippen molar-refractivity contribution in [3.63, 3.8) is 0 Å². The number of amides is 4. The van der Waals surface area contributed by atoms with Crippen molar-refractivity contribution in [1.29, 1.82) is 0 Å². The molecule has 2 aromatic carbocycles. The molecule has 4 amide bonds. The maximum atomic E-state index is 14.3. The molecular weight excluding hydrogens is 741 g/mol. The van der Waals surface area contributed by atoms with Crippen molar-refractivity contribution in [2.45, 2.75) is 84.3 Å². The lowest BCUT2D eigenvalue weighted by molar-refractivity contribution is -0.146. The fraction of sp³-hybridized carbons (Fsp3) is 0.475. The van der Waals surface area contributed by atoms with Crippen LogP contribution >= 0.6 is 0 Å². The number of hydrogen-bond acceptors (Lipinski definition) is 11. The standard InChI is InChI=1S/C40H56N4O11Si/c1-10-21-52-34(45)19-18-29(37(47)53-22-11-2)42-38(48)41-27-16-14-26(15-17-27)25-54-39(49)43-30-24-33(51-7)32(50-6)23-28(30)36(46)44-20-12-13-31(44)35(40(3,4)5)55-56(8)9/h10-11,14-17,23-24,29,31,35,56H,1-2,12-13,18-22,25H2,3-9H3,(H,43,49)(H2,41,42,48). The molecule has 16 heteroatoms. The molecule has 1 saturated heterocycles. The van der Waals surface area contributed by atoms with Crippen LogP contribution in [-0.4, -0.2) is 96.1 Å². The summed E-state index contributed by atoms with van der Waals surface area (Å²) in [5.41, 5.74) is 1.18. The van der Waals surface area contributed by atoms with Gasteiger partial charge < -0.3 is 43.6 Å². The number of benzene rings is 2. The molecule has 1 aliphatic heterocycles. The van der Waals surface area contributed by atoms with Gasteiger partial charge in [-0.15, -0.1) is 0 Å². The molecule has 56 heavy (non-hydrogen) atoms. The first-order valence-corrected chi connectivity index (χ1v) is 21.3. The molecule has 3 N–H and O–H groups in total. The lowest BCUT2D eigenvalue weighted by Gasteiger charge is -2.41. The van der Waals surface area contributed by atoms with E-state index in [1.165, 1.54) is 32.4 Å². The molecule has 2 aromatic rings. The third-order valence-corrected chi connectivity index (χ3v) is 9.52. The minimum absolute atomic E-state index is 0.0254. The van der Waals surface area contributed by atoms with E-state index >= 15 is 0 Å². The molecule has 0 aliphatic carbocycles. The zero-order chi connectivity index (χ0) is 41.4. The lowest BCUT2D eigenvalue weighted by atomic mass is 9.83. The summed E-state index contributed by atoms with van der Waals surface area (Å²) in [5, 5.41) is 7.86. The minimum Gasteiger partial charge on any atom is -0.493 e. The molecule has 3 unspecified atom stereocenters. The number of rotatable bonds is 19. The number of carbonyl (C=O) groups is 5. The quantitative estimate of drug-likeness (QED) is 0.0638. The summed E-state index contributed by atoms with van der Waals surface area (Å²) in [5.74, 6) is -0.920. The molecule has 3 rings (SSSR count). The van der Waals surface area contributed by atoms with Gasteiger partial charge in [-0.2, -0.15) is 0 Å². The Morgan fingerprint density at radius 1 is 0.929 bits per heavy atom. The Kier molecular flexibility index (Phi) is 17.4. The van der Waals surface area contributed by atoms with E-state index < -0.39 is 39.1 Å². The molecule has 0 saturated carbocycles. The van der Waals surface area contributed by atoms with E-state index in [2.05, 4.69) is 63.0 Å². The van der Waals surface area contributed by atoms with Gasteiger partial charge in [0.25, 0.3) is 5.91 Å². The van der Waals surface area contributed by atoms with E-state index in [0.29, 0.717) is 29.3 Å². The molecule has 0 radical (unpaired) electrons. The predicted octanol–water partition coefficient (Wildman–Crippen LogP) is 6.20. The highest BCUT2D eigenvalue weighted by Crippen LogP contribution is 2.38. The summed E-state index contributed by atoms with van der Waals surface area (Å²) in [6.45, 7) is 17.9. The Labute approximate surface area is 330 Å². The van der Waals surface area contributed by atoms with Gasteiger partial charge in [-0.3, -0.25) is 14.9 Å². The van der Waals surface area contributed by atoms with Crippen molar-refractivity contribution < 1.29 is 52.1 Å². The van der Waals surface area contributed by atoms with Gasteiger partial charge in [-0.05, 0) is 61.5 Å². The van der Waals surface area contributed by atoms with Crippen LogP contribution in [0.1, 0.15) is 62.4 Å². The van der Waals surface area contributed by atoms with Crippen molar-refractivity contribution in [1.82, 2.24) is 10.2 Å². The Bertz CT molecular complexity index is 1690. The van der Waals surface area contributed by atoms with Gasteiger partial charge in [0.2, 0.25) is 0 Å². The third-order valence-electron chi connectivity index (χ3n) is 8.69. The highest BCUT2D eigenvalue weighted by atomic mass is 28.3. The smallest absolute Gasteiger partial charge is 0.411 e. The number of anilines is 2. The summed E-state index contributed by atoms with van der Waals surface area (Å²) in [6, 6.07) is 7.55. The molecule has 3 atom stereocenters. The van der Waals surface area contributed by atoms with Crippen molar-refractivity contribution >= 4 is 50.4 Å². The lowest BCUT2D eigenvalue weighted by Crippen LogP contribution is -2.50. The average molecular weight is 797 g/mol. The maximum absolute atomic E-state index is 14.3. The van der Waals surface area contributed by atoms with Gasteiger partial charge >= 0.3 is 24.1 Å². The van der Waals surface area contributed by atoms with Crippen molar-refractivity contribution in [3.8, 4) is 11.5 Å². The van der Waals surface area contributed by atoms with Crippen molar-refractivity contribution in [3.05, 3.63) is 72.8 Å². The van der Waals surface area contributed by atoms with Crippen LogP contribution in [-0.2, 0) is 34.8 Å². The van der Waals surface area contributed by atoms with Crippen LogP contribution in [0, 0.1) is 5.41 Å². The average Bonchev–Trinajstić information content (AvgIpc) is 3.65. The molecule has 1 heterocycles. The first-order valence-electron chi connectivity index (χ1n) is 18.5. The normalized spacial score (nSPS) is 14.9. The molecule has 0 aromatic heterocycles. The van der Waals surface area contributed by atoms with Gasteiger partial charge in [0.05, 0.1) is 37.6 Å². The summed E-state index contributed by atoms with van der Waals surface area (Å²) < 4.78 is 33.0. The number of urea groups is 1. The van der Waals surface area contributed by atoms with Crippen LogP contribution in [0.3, 0.4) is 0 Å². The van der Waals surface area contributed by atoms with E-state index in [1.807, 2.05) is 4.90 Å². The summed E-state index contributed by atoms with van der Waals surface area (Å²) in [4.78, 5) is 66.5. The van der Waals surface area contributed by atoms with Gasteiger partial charge in [0.15, 0.2) is 20.5 Å². The predicted molar refractivity (Wildman–Crippen MR) is 215 cm³/mol. The van der Waals surface area contributed by atoms with Crippen LogP contribution in [0.25, 0.3) is 0 Å². The number of nitrogens with one attached hydrogen (secondary N) is 3. The first-order chi connectivity index (χ1) is 26.6. The highest BCUT2D eigenvalue weighted by molar-refractivity contribution is 6.48. The topological polar surface area (TPSA) is 180 Å².